The third-order valence-electron chi connectivity index (χ3n) is 4.52. The summed E-state index contributed by atoms with van der Waals surface area (Å²) in [5, 5.41) is 3.72. The van der Waals surface area contributed by atoms with Crippen LogP contribution in [0.15, 0.2) is 30.5 Å². The molecular formula is C24H35N3O5. The molecule has 1 aromatic carbocycles. The van der Waals surface area contributed by atoms with Gasteiger partial charge in [0.05, 0.1) is 0 Å². The van der Waals surface area contributed by atoms with Crippen molar-refractivity contribution in [2.75, 3.05) is 0 Å². The van der Waals surface area contributed by atoms with Gasteiger partial charge in [0.15, 0.2) is 0 Å². The average molecular weight is 446 g/mol. The van der Waals surface area contributed by atoms with Crippen LogP contribution in [0.3, 0.4) is 0 Å². The van der Waals surface area contributed by atoms with E-state index in [0.29, 0.717) is 0 Å². The van der Waals surface area contributed by atoms with E-state index in [9.17, 15) is 14.4 Å². The molecule has 2 aromatic rings. The Morgan fingerprint density at radius 1 is 1.00 bits per heavy atom. The number of amides is 1. The van der Waals surface area contributed by atoms with Crippen molar-refractivity contribution in [1.29, 1.82) is 0 Å². The largest absolute Gasteiger partial charge is 0.459 e. The van der Waals surface area contributed by atoms with Gasteiger partial charge in [0.25, 0.3) is 0 Å². The summed E-state index contributed by atoms with van der Waals surface area (Å²) in [5.41, 5.74) is 6.35. The second-order valence-electron chi connectivity index (χ2n) is 9.90. The molecule has 1 amide bonds. The van der Waals surface area contributed by atoms with Crippen LogP contribution in [0.5, 0.6) is 0 Å². The van der Waals surface area contributed by atoms with E-state index in [2.05, 4.69) is 10.3 Å². The minimum absolute atomic E-state index is 0.0202. The molecule has 0 saturated carbocycles. The highest BCUT2D eigenvalue weighted by Crippen LogP contribution is 2.20. The van der Waals surface area contributed by atoms with Gasteiger partial charge < -0.3 is 25.5 Å². The Kier molecular flexibility index (Phi) is 8.07. The Hall–Kier alpha value is -2.87. The molecular weight excluding hydrogens is 410 g/mol. The minimum atomic E-state index is -0.923. The van der Waals surface area contributed by atoms with Gasteiger partial charge in [-0.1, -0.05) is 18.2 Å². The summed E-state index contributed by atoms with van der Waals surface area (Å²) in [5.74, 6) is -1.47. The van der Waals surface area contributed by atoms with E-state index in [-0.39, 0.29) is 25.2 Å². The zero-order valence-electron chi connectivity index (χ0n) is 19.8. The zero-order chi connectivity index (χ0) is 24.1. The van der Waals surface area contributed by atoms with E-state index >= 15 is 0 Å². The lowest BCUT2D eigenvalue weighted by Gasteiger charge is -2.25. The van der Waals surface area contributed by atoms with Gasteiger partial charge in [-0.25, -0.2) is 4.79 Å². The summed E-state index contributed by atoms with van der Waals surface area (Å²) in [6, 6.07) is 5.93. The fourth-order valence-corrected chi connectivity index (χ4v) is 3.14. The van der Waals surface area contributed by atoms with E-state index in [1.165, 1.54) is 0 Å². The van der Waals surface area contributed by atoms with Crippen LogP contribution in [-0.4, -0.2) is 46.1 Å². The van der Waals surface area contributed by atoms with Crippen molar-refractivity contribution in [2.45, 2.75) is 84.1 Å². The molecule has 0 saturated heterocycles. The van der Waals surface area contributed by atoms with Gasteiger partial charge in [-0.15, -0.1) is 0 Å². The highest BCUT2D eigenvalue weighted by molar-refractivity contribution is 5.87. The Labute approximate surface area is 189 Å². The number of aromatic amines is 1. The predicted molar refractivity (Wildman–Crippen MR) is 123 cm³/mol. The number of hydrogen-bond donors (Lipinski definition) is 3. The summed E-state index contributed by atoms with van der Waals surface area (Å²) in [6.45, 7) is 10.6. The van der Waals surface area contributed by atoms with Gasteiger partial charge in [-0.05, 0) is 59.6 Å². The third-order valence-corrected chi connectivity index (χ3v) is 4.52. The molecule has 1 heterocycles. The summed E-state index contributed by atoms with van der Waals surface area (Å²) < 4.78 is 10.8. The first-order valence-electron chi connectivity index (χ1n) is 10.8. The maximum Gasteiger partial charge on any atom is 0.329 e. The minimum Gasteiger partial charge on any atom is -0.459 e. The second kappa shape index (κ2) is 10.2. The molecule has 176 valence electrons. The molecule has 2 atom stereocenters. The number of fused-ring (bicyclic) bond motifs is 1. The van der Waals surface area contributed by atoms with Gasteiger partial charge in [0.1, 0.15) is 23.3 Å². The predicted octanol–water partition coefficient (Wildman–Crippen LogP) is 2.99. The van der Waals surface area contributed by atoms with Crippen LogP contribution in [0.1, 0.15) is 59.9 Å². The fourth-order valence-electron chi connectivity index (χ4n) is 3.14. The van der Waals surface area contributed by atoms with Gasteiger partial charge >= 0.3 is 11.9 Å². The van der Waals surface area contributed by atoms with Crippen LogP contribution in [0.25, 0.3) is 10.9 Å². The number of esters is 2. The van der Waals surface area contributed by atoms with Crippen LogP contribution in [-0.2, 0) is 30.3 Å². The topological polar surface area (TPSA) is 124 Å². The molecule has 0 aliphatic carbocycles. The van der Waals surface area contributed by atoms with Gasteiger partial charge in [-0.2, -0.15) is 0 Å². The number of hydrogen-bond acceptors (Lipinski definition) is 6. The van der Waals surface area contributed by atoms with Crippen molar-refractivity contribution >= 4 is 28.7 Å². The van der Waals surface area contributed by atoms with Gasteiger partial charge in [-0.3, -0.25) is 9.59 Å². The van der Waals surface area contributed by atoms with Crippen LogP contribution < -0.4 is 11.1 Å². The first kappa shape index (κ1) is 25.4. The first-order chi connectivity index (χ1) is 14.7. The van der Waals surface area contributed by atoms with Crippen molar-refractivity contribution in [3.05, 3.63) is 36.0 Å². The molecule has 0 fully saturated rings. The van der Waals surface area contributed by atoms with Crippen LogP contribution in [0.4, 0.5) is 0 Å². The van der Waals surface area contributed by atoms with E-state index in [0.717, 1.165) is 16.5 Å². The lowest BCUT2D eigenvalue weighted by molar-refractivity contribution is -0.159. The summed E-state index contributed by atoms with van der Waals surface area (Å²) in [4.78, 5) is 40.6. The lowest BCUT2D eigenvalue weighted by atomic mass is 10.0. The average Bonchev–Trinajstić information content (AvgIpc) is 3.06. The van der Waals surface area contributed by atoms with Crippen molar-refractivity contribution in [2.24, 2.45) is 5.73 Å². The molecule has 4 N–H and O–H groups in total. The molecule has 32 heavy (non-hydrogen) atoms. The molecule has 8 heteroatoms. The summed E-state index contributed by atoms with van der Waals surface area (Å²) in [7, 11) is 0. The summed E-state index contributed by atoms with van der Waals surface area (Å²) in [6.07, 6.45) is 2.18. The third kappa shape index (κ3) is 8.00. The number of ether oxygens (including phenoxy) is 2. The van der Waals surface area contributed by atoms with Crippen molar-refractivity contribution < 1.29 is 23.9 Å². The SMILES string of the molecule is CC(C)(C)OC(=O)[C@H](N)CCC(=O)N[C@H](Cc1c[nH]c2ccccc12)C(=O)OC(C)(C)C. The van der Waals surface area contributed by atoms with E-state index in [1.807, 2.05) is 30.5 Å². The van der Waals surface area contributed by atoms with Crippen LogP contribution in [0, 0.1) is 0 Å². The molecule has 0 spiro atoms. The van der Waals surface area contributed by atoms with Crippen molar-refractivity contribution in [1.82, 2.24) is 10.3 Å². The normalized spacial score (nSPS) is 14.0. The Morgan fingerprint density at radius 2 is 1.59 bits per heavy atom. The number of nitrogens with two attached hydrogens (primary N) is 1. The van der Waals surface area contributed by atoms with E-state index in [1.54, 1.807) is 41.5 Å². The second-order valence-corrected chi connectivity index (χ2v) is 9.90. The van der Waals surface area contributed by atoms with E-state index < -0.39 is 35.2 Å². The van der Waals surface area contributed by atoms with Gasteiger partial charge in [0.2, 0.25) is 5.91 Å². The number of nitrogens with one attached hydrogen (secondary N) is 2. The highest BCUT2D eigenvalue weighted by Gasteiger charge is 2.28. The molecule has 2 rings (SSSR count). The number of carbonyl (C=O) groups is 3. The maximum absolute atomic E-state index is 12.8. The lowest BCUT2D eigenvalue weighted by Crippen LogP contribution is -2.46. The molecule has 0 radical (unpaired) electrons. The number of carbonyl (C=O) groups excluding carboxylic acids is 3. The number of benzene rings is 1. The Bertz CT molecular complexity index is 952. The summed E-state index contributed by atoms with van der Waals surface area (Å²) >= 11 is 0. The number of rotatable bonds is 8. The molecule has 0 aliphatic rings. The highest BCUT2D eigenvalue weighted by atomic mass is 16.6. The Morgan fingerprint density at radius 3 is 2.22 bits per heavy atom. The molecule has 1 aromatic heterocycles. The molecule has 0 bridgehead atoms. The number of H-pyrrole nitrogens is 1. The maximum atomic E-state index is 12.8. The molecule has 0 aliphatic heterocycles. The smallest absolute Gasteiger partial charge is 0.329 e. The number of aromatic nitrogens is 1. The fraction of sp³-hybridized carbons (Fsp3) is 0.542. The van der Waals surface area contributed by atoms with Crippen LogP contribution in [0.2, 0.25) is 0 Å². The molecule has 0 unspecified atom stereocenters. The quantitative estimate of drug-likeness (QED) is 0.537. The number of para-hydroxylation sites is 1. The standard InChI is InChI=1S/C24H35N3O5/c1-23(2,3)31-21(29)17(25)11-12-20(28)27-19(22(30)32-24(4,5)6)13-15-14-26-18-10-8-7-9-16(15)18/h7-10,14,17,19,26H,11-13,25H2,1-6H3,(H,27,28)/t17-,19-/m1/s1. The zero-order valence-corrected chi connectivity index (χ0v) is 19.8. The van der Waals surface area contributed by atoms with Crippen LogP contribution >= 0.6 is 0 Å². The van der Waals surface area contributed by atoms with Gasteiger partial charge in [0, 0.05) is 29.9 Å². The Balaban J connectivity index is 2.06. The first-order valence-corrected chi connectivity index (χ1v) is 10.8. The molecule has 8 nitrogen and oxygen atoms in total. The van der Waals surface area contributed by atoms with E-state index in [4.69, 9.17) is 15.2 Å². The van der Waals surface area contributed by atoms with Crippen molar-refractivity contribution in [3.8, 4) is 0 Å². The van der Waals surface area contributed by atoms with Crippen molar-refractivity contribution in [3.63, 3.8) is 0 Å². The monoisotopic (exact) mass is 445 g/mol.